The van der Waals surface area contributed by atoms with Gasteiger partial charge in [0, 0.05) is 59.6 Å². The lowest BCUT2D eigenvalue weighted by Crippen LogP contribution is -2.54. The molecule has 0 unspecified atom stereocenters. The van der Waals surface area contributed by atoms with Gasteiger partial charge in [-0.25, -0.2) is 14.6 Å². The number of methoxy groups -OCH3 is 2. The van der Waals surface area contributed by atoms with Crippen molar-refractivity contribution in [3.05, 3.63) is 70.3 Å². The molecular formula is C44H54ClN7O7. The first kappa shape index (κ1) is 41.8. The number of H-pyrrole nitrogens is 1. The van der Waals surface area contributed by atoms with Crippen LogP contribution in [0.25, 0.3) is 16.8 Å². The Morgan fingerprint density at radius 2 is 1.47 bits per heavy atom. The number of carbonyl (C=O) groups is 4. The Balaban J connectivity index is 1.02. The van der Waals surface area contributed by atoms with E-state index in [1.54, 1.807) is 6.20 Å². The van der Waals surface area contributed by atoms with Gasteiger partial charge in [-0.2, -0.15) is 0 Å². The van der Waals surface area contributed by atoms with E-state index >= 15 is 0 Å². The molecule has 0 bridgehead atoms. The van der Waals surface area contributed by atoms with Crippen LogP contribution in [0.2, 0.25) is 5.02 Å². The predicted octanol–water partition coefficient (Wildman–Crippen LogP) is 7.81. The Bertz CT molecular complexity index is 2170. The van der Waals surface area contributed by atoms with E-state index in [1.165, 1.54) is 14.2 Å². The minimum Gasteiger partial charge on any atom is -0.457 e. The second kappa shape index (κ2) is 17.9. The maximum atomic E-state index is 13.8. The molecule has 0 spiro atoms. The number of hydrogen-bond donors (Lipinski definition) is 3. The van der Waals surface area contributed by atoms with E-state index in [2.05, 4.69) is 21.7 Å². The molecule has 2 fully saturated rings. The van der Waals surface area contributed by atoms with Crippen molar-refractivity contribution in [2.75, 3.05) is 27.3 Å². The molecule has 7 rings (SSSR count). The van der Waals surface area contributed by atoms with Crippen molar-refractivity contribution < 1.29 is 33.4 Å². The topological polar surface area (TPSA) is 168 Å². The van der Waals surface area contributed by atoms with Gasteiger partial charge in [-0.05, 0) is 79.0 Å². The maximum Gasteiger partial charge on any atom is 0.407 e. The molecule has 3 aromatic rings. The largest absolute Gasteiger partial charge is 0.457 e. The molecular weight excluding hydrogens is 774 g/mol. The Labute approximate surface area is 350 Å². The van der Waals surface area contributed by atoms with Crippen LogP contribution in [-0.4, -0.2) is 94.9 Å². The lowest BCUT2D eigenvalue weighted by atomic mass is 9.93. The summed E-state index contributed by atoms with van der Waals surface area (Å²) in [5.41, 5.74) is 6.43. The third-order valence-electron chi connectivity index (χ3n) is 12.5. The number of aromatic nitrogens is 2. The third kappa shape index (κ3) is 8.55. The Morgan fingerprint density at radius 1 is 0.864 bits per heavy atom. The number of nitrogens with one attached hydrogen (secondary N) is 3. The van der Waals surface area contributed by atoms with Crippen LogP contribution in [0.1, 0.15) is 101 Å². The van der Waals surface area contributed by atoms with E-state index in [4.69, 9.17) is 35.8 Å². The van der Waals surface area contributed by atoms with Crippen LogP contribution in [0.3, 0.4) is 0 Å². The number of benzene rings is 2. The smallest absolute Gasteiger partial charge is 0.407 e. The summed E-state index contributed by atoms with van der Waals surface area (Å²) in [5.74, 6) is 1.80. The highest BCUT2D eigenvalue weighted by Gasteiger charge is 2.40. The fourth-order valence-corrected chi connectivity index (χ4v) is 8.95. The zero-order valence-electron chi connectivity index (χ0n) is 34.6. The van der Waals surface area contributed by atoms with Gasteiger partial charge in [0.25, 0.3) is 0 Å². The van der Waals surface area contributed by atoms with Gasteiger partial charge in [-0.3, -0.25) is 14.6 Å². The number of aromatic amines is 1. The maximum absolute atomic E-state index is 13.8. The minimum atomic E-state index is -0.692. The second-order valence-corrected chi connectivity index (χ2v) is 16.5. The molecule has 4 aliphatic rings. The SMILES string of the molecule is CC[C@H](C)[C@H](NC(=O)OC)C(=O)N1CCC[C@H]1C1=NC=C(c2cc3c(cc2Cl)Cc2cc(-c4cnc([C@@H]5CCCN5C(=O)[C@@H](NC(=O)OC)[C@@H](C)CC)[nH]4)ccc2O3)C1. The van der Waals surface area contributed by atoms with Gasteiger partial charge < -0.3 is 39.6 Å². The number of nitrogens with zero attached hydrogens (tertiary/aromatic N) is 4. The molecule has 14 nitrogen and oxygen atoms in total. The summed E-state index contributed by atoms with van der Waals surface area (Å²) >= 11 is 6.98. The number of imidazole rings is 1. The normalized spacial score (nSPS) is 20.3. The summed E-state index contributed by atoms with van der Waals surface area (Å²) in [5, 5.41) is 6.10. The first-order valence-electron chi connectivity index (χ1n) is 20.7. The zero-order valence-corrected chi connectivity index (χ0v) is 35.4. The fourth-order valence-electron chi connectivity index (χ4n) is 8.64. The van der Waals surface area contributed by atoms with Crippen LogP contribution >= 0.6 is 11.6 Å². The van der Waals surface area contributed by atoms with E-state index in [1.807, 2.05) is 68.0 Å². The standard InChI is InChI=1S/C44H54ClN7O7/c1-7-24(3)38(49-43(55)57-5)41(53)51-15-9-11-34(51)32-20-29(22-46-32)30-21-37-28(19-31(30)45)18-27-17-26(13-14-36(27)59-37)33-23-47-40(48-33)35-12-10-16-52(35)42(54)39(25(4)8-2)50-44(56)58-6/h13-14,17,19,21-25,34-35,38-39H,7-12,15-16,18,20H2,1-6H3,(H,47,48)(H,49,55)(H,50,56)/t24-,25-,34-,35-,38-,39-/m0/s1. The van der Waals surface area contributed by atoms with Crippen molar-refractivity contribution in [2.24, 2.45) is 16.8 Å². The highest BCUT2D eigenvalue weighted by atomic mass is 35.5. The monoisotopic (exact) mass is 827 g/mol. The molecule has 5 heterocycles. The second-order valence-electron chi connectivity index (χ2n) is 16.1. The molecule has 4 aliphatic heterocycles. The van der Waals surface area contributed by atoms with E-state index < -0.39 is 24.3 Å². The third-order valence-corrected chi connectivity index (χ3v) is 12.8. The number of halogens is 1. The van der Waals surface area contributed by atoms with E-state index in [-0.39, 0.29) is 35.7 Å². The van der Waals surface area contributed by atoms with Crippen molar-refractivity contribution in [1.82, 2.24) is 30.4 Å². The number of hydrogen-bond acceptors (Lipinski definition) is 9. The summed E-state index contributed by atoms with van der Waals surface area (Å²) in [4.78, 5) is 68.5. The Kier molecular flexibility index (Phi) is 12.6. The van der Waals surface area contributed by atoms with Gasteiger partial charge in [-0.1, -0.05) is 52.1 Å². The molecule has 2 saturated heterocycles. The van der Waals surface area contributed by atoms with Crippen LogP contribution in [0.4, 0.5) is 9.59 Å². The number of alkyl carbamates (subject to hydrolysis) is 2. The van der Waals surface area contributed by atoms with Gasteiger partial charge in [0.15, 0.2) is 0 Å². The summed E-state index contributed by atoms with van der Waals surface area (Å²) in [6.07, 6.45) is 8.26. The molecule has 0 radical (unpaired) electrons. The van der Waals surface area contributed by atoms with Gasteiger partial charge in [0.2, 0.25) is 11.8 Å². The molecule has 314 valence electrons. The van der Waals surface area contributed by atoms with Crippen molar-refractivity contribution >= 4 is 46.9 Å². The van der Waals surface area contributed by atoms with E-state index in [0.29, 0.717) is 36.8 Å². The molecule has 1 aromatic heterocycles. The summed E-state index contributed by atoms with van der Waals surface area (Å²) in [6.45, 7) is 9.08. The van der Waals surface area contributed by atoms with Crippen molar-refractivity contribution in [3.8, 4) is 22.8 Å². The van der Waals surface area contributed by atoms with Crippen LogP contribution in [0.15, 0.2) is 47.7 Å². The molecule has 0 aliphatic carbocycles. The Hall–Kier alpha value is -5.37. The molecule has 15 heteroatoms. The van der Waals surface area contributed by atoms with Crippen LogP contribution in [0, 0.1) is 11.8 Å². The average molecular weight is 828 g/mol. The number of ether oxygens (including phenoxy) is 3. The number of rotatable bonds is 12. The average Bonchev–Trinajstić information content (AvgIpc) is 4.09. The first-order chi connectivity index (χ1) is 28.4. The number of aliphatic imine (C=N–C) groups is 1. The Morgan fingerprint density at radius 3 is 2.10 bits per heavy atom. The highest BCUT2D eigenvalue weighted by Crippen LogP contribution is 2.43. The summed E-state index contributed by atoms with van der Waals surface area (Å²) in [6, 6.07) is 8.22. The lowest BCUT2D eigenvalue weighted by Gasteiger charge is -2.31. The van der Waals surface area contributed by atoms with Gasteiger partial charge in [-0.15, -0.1) is 0 Å². The first-order valence-corrected chi connectivity index (χ1v) is 21.1. The molecule has 0 saturated carbocycles. The lowest BCUT2D eigenvalue weighted by molar-refractivity contribution is -0.136. The predicted molar refractivity (Wildman–Crippen MR) is 224 cm³/mol. The number of fused-ring (bicyclic) bond motifs is 2. The fraction of sp³-hybridized carbons (Fsp3) is 0.500. The molecule has 2 aromatic carbocycles. The molecule has 4 amide bonds. The van der Waals surface area contributed by atoms with Crippen LogP contribution in [0.5, 0.6) is 11.5 Å². The quantitative estimate of drug-likeness (QED) is 0.130. The zero-order chi connectivity index (χ0) is 42.0. The summed E-state index contributed by atoms with van der Waals surface area (Å²) in [7, 11) is 2.59. The van der Waals surface area contributed by atoms with Gasteiger partial charge >= 0.3 is 12.2 Å². The van der Waals surface area contributed by atoms with Gasteiger partial charge in [0.1, 0.15) is 29.4 Å². The van der Waals surface area contributed by atoms with Crippen molar-refractivity contribution in [1.29, 1.82) is 0 Å². The number of amides is 4. The molecule has 3 N–H and O–H groups in total. The highest BCUT2D eigenvalue weighted by molar-refractivity contribution is 6.32. The number of carbonyl (C=O) groups excluding carboxylic acids is 4. The van der Waals surface area contributed by atoms with Crippen molar-refractivity contribution in [3.63, 3.8) is 0 Å². The van der Waals surface area contributed by atoms with Crippen LogP contribution in [-0.2, 0) is 25.5 Å². The minimum absolute atomic E-state index is 0.0642. The molecule has 59 heavy (non-hydrogen) atoms. The summed E-state index contributed by atoms with van der Waals surface area (Å²) < 4.78 is 16.1. The van der Waals surface area contributed by atoms with Crippen LogP contribution < -0.4 is 15.4 Å². The van der Waals surface area contributed by atoms with Crippen molar-refractivity contribution in [2.45, 2.75) is 103 Å². The number of likely N-dealkylation sites (tertiary alicyclic amines) is 2. The van der Waals surface area contributed by atoms with E-state index in [9.17, 15) is 19.2 Å². The van der Waals surface area contributed by atoms with E-state index in [0.717, 1.165) is 89.3 Å². The van der Waals surface area contributed by atoms with Gasteiger partial charge in [0.05, 0.1) is 38.2 Å². The number of allylic oxidation sites excluding steroid dienone is 1. The molecule has 6 atom stereocenters.